The van der Waals surface area contributed by atoms with E-state index < -0.39 is 34.1 Å². The smallest absolute Gasteiger partial charge is 0.244 e. The van der Waals surface area contributed by atoms with Gasteiger partial charge in [-0.3, -0.25) is 13.9 Å². The number of hydrogen-bond acceptors (Lipinski definition) is 5. The molecule has 0 aromatic heterocycles. The number of nitrogens with zero attached hydrogens (tertiary/aromatic N) is 2. The lowest BCUT2D eigenvalue weighted by Gasteiger charge is -2.35. The number of ether oxygens (including phenoxy) is 1. The van der Waals surface area contributed by atoms with Crippen LogP contribution in [0.3, 0.4) is 0 Å². The lowest BCUT2D eigenvalue weighted by atomic mass is 10.0. The van der Waals surface area contributed by atoms with Gasteiger partial charge in [0.2, 0.25) is 21.8 Å². The molecule has 1 atom stereocenters. The average molecular weight is 518 g/mol. The highest BCUT2D eigenvalue weighted by Crippen LogP contribution is 2.31. The Labute approximate surface area is 215 Å². The van der Waals surface area contributed by atoms with Crippen molar-refractivity contribution in [2.75, 3.05) is 24.2 Å². The number of rotatable bonds is 10. The number of methoxy groups -OCH3 is 1. The van der Waals surface area contributed by atoms with Gasteiger partial charge in [0, 0.05) is 12.1 Å². The van der Waals surface area contributed by atoms with Crippen molar-refractivity contribution in [1.29, 1.82) is 0 Å². The van der Waals surface area contributed by atoms with Crippen molar-refractivity contribution in [2.45, 2.75) is 66.1 Å². The lowest BCUT2D eigenvalue weighted by molar-refractivity contribution is -0.141. The molecule has 0 unspecified atom stereocenters. The van der Waals surface area contributed by atoms with Crippen LogP contribution in [-0.2, 0) is 26.2 Å². The number of sulfonamides is 1. The molecule has 36 heavy (non-hydrogen) atoms. The van der Waals surface area contributed by atoms with E-state index in [-0.39, 0.29) is 18.1 Å². The molecule has 0 aliphatic rings. The number of benzene rings is 2. The van der Waals surface area contributed by atoms with E-state index >= 15 is 0 Å². The van der Waals surface area contributed by atoms with E-state index in [1.54, 1.807) is 18.2 Å². The molecule has 2 aromatic rings. The predicted octanol–water partition coefficient (Wildman–Crippen LogP) is 3.80. The molecule has 0 radical (unpaired) electrons. The Morgan fingerprint density at radius 3 is 2.25 bits per heavy atom. The Bertz CT molecular complexity index is 1190. The SMILES string of the molecule is CC[C@@H](C(=O)NC(C)(C)C)N(Cc1ccccc1C)C(=O)CN(c1cc(C)ccc1OC)S(C)(=O)=O. The van der Waals surface area contributed by atoms with Gasteiger partial charge in [-0.1, -0.05) is 37.3 Å². The first-order chi connectivity index (χ1) is 16.7. The van der Waals surface area contributed by atoms with Gasteiger partial charge in [0.25, 0.3) is 0 Å². The minimum atomic E-state index is -3.85. The molecule has 198 valence electrons. The second-order valence-electron chi connectivity index (χ2n) is 10.1. The van der Waals surface area contributed by atoms with Gasteiger partial charge in [-0.15, -0.1) is 0 Å². The molecule has 1 N–H and O–H groups in total. The topological polar surface area (TPSA) is 96.0 Å². The van der Waals surface area contributed by atoms with Crippen molar-refractivity contribution in [1.82, 2.24) is 10.2 Å². The third-order valence-corrected chi connectivity index (χ3v) is 6.89. The van der Waals surface area contributed by atoms with Gasteiger partial charge in [0.05, 0.1) is 19.1 Å². The van der Waals surface area contributed by atoms with Crippen LogP contribution in [-0.4, -0.2) is 56.6 Å². The molecule has 0 aliphatic carbocycles. The number of carbonyl (C=O) groups is 2. The molecule has 0 aliphatic heterocycles. The largest absolute Gasteiger partial charge is 0.495 e. The van der Waals surface area contributed by atoms with E-state index in [2.05, 4.69) is 5.32 Å². The lowest BCUT2D eigenvalue weighted by Crippen LogP contribution is -2.55. The monoisotopic (exact) mass is 517 g/mol. The zero-order valence-electron chi connectivity index (χ0n) is 22.6. The van der Waals surface area contributed by atoms with E-state index in [0.717, 1.165) is 27.3 Å². The molecule has 0 bridgehead atoms. The Hall–Kier alpha value is -3.07. The zero-order valence-corrected chi connectivity index (χ0v) is 23.4. The van der Waals surface area contributed by atoms with Gasteiger partial charge in [-0.05, 0) is 69.9 Å². The molecule has 2 amide bonds. The summed E-state index contributed by atoms with van der Waals surface area (Å²) in [4.78, 5) is 28.6. The molecule has 2 aromatic carbocycles. The van der Waals surface area contributed by atoms with E-state index in [9.17, 15) is 18.0 Å². The van der Waals surface area contributed by atoms with Gasteiger partial charge in [-0.25, -0.2) is 8.42 Å². The highest BCUT2D eigenvalue weighted by molar-refractivity contribution is 7.92. The van der Waals surface area contributed by atoms with Crippen LogP contribution in [0.5, 0.6) is 5.75 Å². The second-order valence-corrected chi connectivity index (χ2v) is 12.0. The van der Waals surface area contributed by atoms with Crippen molar-refractivity contribution in [2.24, 2.45) is 0 Å². The quantitative estimate of drug-likeness (QED) is 0.517. The van der Waals surface area contributed by atoms with E-state index in [1.807, 2.05) is 65.8 Å². The van der Waals surface area contributed by atoms with Crippen LogP contribution >= 0.6 is 0 Å². The fraction of sp³-hybridized carbons (Fsp3) is 0.481. The fourth-order valence-electron chi connectivity index (χ4n) is 3.93. The van der Waals surface area contributed by atoms with Gasteiger partial charge in [0.1, 0.15) is 18.3 Å². The summed E-state index contributed by atoms with van der Waals surface area (Å²) in [5, 5.41) is 2.96. The summed E-state index contributed by atoms with van der Waals surface area (Å²) in [6.45, 7) is 10.9. The fourth-order valence-corrected chi connectivity index (χ4v) is 4.78. The molecule has 9 heteroatoms. The van der Waals surface area contributed by atoms with Gasteiger partial charge in [0.15, 0.2) is 0 Å². The van der Waals surface area contributed by atoms with Crippen molar-refractivity contribution < 1.29 is 22.7 Å². The second kappa shape index (κ2) is 11.8. The maximum Gasteiger partial charge on any atom is 0.244 e. The highest BCUT2D eigenvalue weighted by atomic mass is 32.2. The predicted molar refractivity (Wildman–Crippen MR) is 144 cm³/mol. The van der Waals surface area contributed by atoms with Crippen molar-refractivity contribution >= 4 is 27.5 Å². The number of nitrogens with one attached hydrogen (secondary N) is 1. The Kier molecular flexibility index (Phi) is 9.54. The van der Waals surface area contributed by atoms with Gasteiger partial charge in [-0.2, -0.15) is 0 Å². The normalized spacial score (nSPS) is 12.6. The molecule has 0 fully saturated rings. The van der Waals surface area contributed by atoms with Crippen LogP contribution in [0.25, 0.3) is 0 Å². The summed E-state index contributed by atoms with van der Waals surface area (Å²) in [5.41, 5.74) is 2.46. The van der Waals surface area contributed by atoms with Crippen LogP contribution in [0.15, 0.2) is 42.5 Å². The zero-order chi connectivity index (χ0) is 27.3. The van der Waals surface area contributed by atoms with E-state index in [1.165, 1.54) is 12.0 Å². The van der Waals surface area contributed by atoms with E-state index in [0.29, 0.717) is 12.2 Å². The number of aryl methyl sites for hydroxylation is 2. The molecule has 2 rings (SSSR count). The Balaban J connectivity index is 2.55. The summed E-state index contributed by atoms with van der Waals surface area (Å²) in [7, 11) is -2.40. The molecule has 0 heterocycles. The average Bonchev–Trinajstić information content (AvgIpc) is 2.76. The van der Waals surface area contributed by atoms with Crippen LogP contribution in [0.4, 0.5) is 5.69 Å². The molecule has 0 spiro atoms. The first kappa shape index (κ1) is 29.2. The maximum atomic E-state index is 13.8. The summed E-state index contributed by atoms with van der Waals surface area (Å²) >= 11 is 0. The highest BCUT2D eigenvalue weighted by Gasteiger charge is 2.33. The summed E-state index contributed by atoms with van der Waals surface area (Å²) in [6.07, 6.45) is 1.42. The van der Waals surface area contributed by atoms with E-state index in [4.69, 9.17) is 4.74 Å². The summed E-state index contributed by atoms with van der Waals surface area (Å²) in [6, 6.07) is 12.0. The van der Waals surface area contributed by atoms with Crippen LogP contribution in [0.2, 0.25) is 0 Å². The van der Waals surface area contributed by atoms with Crippen LogP contribution < -0.4 is 14.4 Å². The minimum absolute atomic E-state index is 0.171. The molecule has 0 saturated heterocycles. The van der Waals surface area contributed by atoms with Crippen LogP contribution in [0.1, 0.15) is 50.8 Å². The van der Waals surface area contributed by atoms with Crippen molar-refractivity contribution in [3.05, 3.63) is 59.2 Å². The number of carbonyl (C=O) groups excluding carboxylic acids is 2. The van der Waals surface area contributed by atoms with Crippen LogP contribution in [0, 0.1) is 13.8 Å². The third kappa shape index (κ3) is 7.71. The standard InChI is InChI=1S/C27H39N3O5S/c1-9-22(26(32)28-27(4,5)6)29(17-21-13-11-10-12-20(21)3)25(31)18-30(36(8,33)34)23-16-19(2)14-15-24(23)35-7/h10-16,22H,9,17-18H2,1-8H3,(H,28,32)/t22-/m0/s1. The Morgan fingerprint density at radius 1 is 1.08 bits per heavy atom. The third-order valence-electron chi connectivity index (χ3n) is 5.77. The van der Waals surface area contributed by atoms with Crippen molar-refractivity contribution in [3.8, 4) is 5.75 Å². The van der Waals surface area contributed by atoms with Gasteiger partial charge < -0.3 is 15.0 Å². The molecule has 0 saturated carbocycles. The molecular formula is C27H39N3O5S. The summed E-state index contributed by atoms with van der Waals surface area (Å²) < 4.78 is 32.2. The summed E-state index contributed by atoms with van der Waals surface area (Å²) in [5.74, 6) is -0.434. The number of amides is 2. The maximum absolute atomic E-state index is 13.8. The Morgan fingerprint density at radius 2 is 1.72 bits per heavy atom. The minimum Gasteiger partial charge on any atom is -0.495 e. The molecule has 8 nitrogen and oxygen atoms in total. The first-order valence-corrected chi connectivity index (χ1v) is 13.8. The molecular weight excluding hydrogens is 478 g/mol. The van der Waals surface area contributed by atoms with Crippen molar-refractivity contribution in [3.63, 3.8) is 0 Å². The van der Waals surface area contributed by atoms with Gasteiger partial charge >= 0.3 is 0 Å². The first-order valence-electron chi connectivity index (χ1n) is 12.0. The number of hydrogen-bond donors (Lipinski definition) is 1. The number of anilines is 1.